The smallest absolute Gasteiger partial charge is 0.279 e. The van der Waals surface area contributed by atoms with E-state index in [2.05, 4.69) is 34.6 Å². The topological polar surface area (TPSA) is 46.4 Å². The predicted octanol–water partition coefficient (Wildman–Crippen LogP) is 3.46. The van der Waals surface area contributed by atoms with Crippen molar-refractivity contribution in [3.8, 4) is 0 Å². The Balaban J connectivity index is 1.50. The SMILES string of the molecule is O=C(C[NH+](Cc1ccccc1)Cc1ccccc1)Nc1cccc2cccnc12. The maximum absolute atomic E-state index is 12.9. The van der Waals surface area contributed by atoms with Gasteiger partial charge in [-0.25, -0.2) is 0 Å². The second kappa shape index (κ2) is 9.13. The molecule has 3 aromatic carbocycles. The number of nitrogens with zero attached hydrogens (tertiary/aromatic N) is 1. The van der Waals surface area contributed by atoms with E-state index in [-0.39, 0.29) is 5.91 Å². The molecule has 4 rings (SSSR count). The number of benzene rings is 3. The maximum Gasteiger partial charge on any atom is 0.279 e. The molecule has 0 aliphatic heterocycles. The Morgan fingerprint density at radius 1 is 0.759 bits per heavy atom. The maximum atomic E-state index is 12.9. The highest BCUT2D eigenvalue weighted by Gasteiger charge is 2.17. The fraction of sp³-hybridized carbons (Fsp3) is 0.120. The third kappa shape index (κ3) is 5.06. The number of anilines is 1. The van der Waals surface area contributed by atoms with E-state index in [0.717, 1.165) is 29.7 Å². The van der Waals surface area contributed by atoms with Crippen LogP contribution in [0.15, 0.2) is 97.2 Å². The second-order valence-electron chi connectivity index (χ2n) is 7.18. The van der Waals surface area contributed by atoms with Gasteiger partial charge in [0.05, 0.1) is 11.2 Å². The molecule has 1 aromatic heterocycles. The number of fused-ring (bicyclic) bond motifs is 1. The Bertz CT molecular complexity index is 1030. The number of para-hydroxylation sites is 1. The first-order chi connectivity index (χ1) is 14.3. The molecule has 29 heavy (non-hydrogen) atoms. The van der Waals surface area contributed by atoms with Gasteiger partial charge in [-0.05, 0) is 12.1 Å². The Morgan fingerprint density at radius 2 is 1.38 bits per heavy atom. The first-order valence-corrected chi connectivity index (χ1v) is 9.83. The van der Waals surface area contributed by atoms with Crippen LogP contribution < -0.4 is 10.2 Å². The van der Waals surface area contributed by atoms with Crippen molar-refractivity contribution in [1.82, 2.24) is 4.98 Å². The van der Waals surface area contributed by atoms with Gasteiger partial charge in [0.1, 0.15) is 13.1 Å². The lowest BCUT2D eigenvalue weighted by Gasteiger charge is -2.19. The molecule has 0 radical (unpaired) electrons. The van der Waals surface area contributed by atoms with Crippen molar-refractivity contribution in [2.75, 3.05) is 11.9 Å². The summed E-state index contributed by atoms with van der Waals surface area (Å²) < 4.78 is 0. The van der Waals surface area contributed by atoms with Crippen molar-refractivity contribution < 1.29 is 9.69 Å². The fourth-order valence-electron chi connectivity index (χ4n) is 3.58. The summed E-state index contributed by atoms with van der Waals surface area (Å²) in [7, 11) is 0. The number of quaternary nitrogens is 1. The molecule has 0 aliphatic carbocycles. The number of rotatable bonds is 7. The van der Waals surface area contributed by atoms with Crippen molar-refractivity contribution in [3.63, 3.8) is 0 Å². The molecule has 144 valence electrons. The van der Waals surface area contributed by atoms with Gasteiger partial charge < -0.3 is 10.2 Å². The summed E-state index contributed by atoms with van der Waals surface area (Å²) in [6, 6.07) is 30.4. The van der Waals surface area contributed by atoms with E-state index in [1.54, 1.807) is 6.20 Å². The highest BCUT2D eigenvalue weighted by atomic mass is 16.2. The highest BCUT2D eigenvalue weighted by molar-refractivity contribution is 6.00. The number of carbonyl (C=O) groups is 1. The Hall–Kier alpha value is -3.50. The molecular formula is C25H24N3O+. The molecule has 4 heteroatoms. The minimum absolute atomic E-state index is 0.00925. The fourth-order valence-corrected chi connectivity index (χ4v) is 3.58. The number of hydrogen-bond donors (Lipinski definition) is 2. The molecule has 0 unspecified atom stereocenters. The van der Waals surface area contributed by atoms with E-state index in [4.69, 9.17) is 0 Å². The average molecular weight is 382 g/mol. The molecule has 1 amide bonds. The van der Waals surface area contributed by atoms with E-state index >= 15 is 0 Å². The third-order valence-electron chi connectivity index (χ3n) is 4.91. The standard InChI is InChI=1S/C25H23N3O/c29-24(27-23-15-7-13-22-14-8-16-26-25(22)23)19-28(17-20-9-3-1-4-10-20)18-21-11-5-2-6-12-21/h1-16H,17-19H2,(H,27,29)/p+1. The van der Waals surface area contributed by atoms with Crippen LogP contribution in [0.25, 0.3) is 10.9 Å². The highest BCUT2D eigenvalue weighted by Crippen LogP contribution is 2.20. The lowest BCUT2D eigenvalue weighted by Crippen LogP contribution is -3.10. The lowest BCUT2D eigenvalue weighted by molar-refractivity contribution is -0.919. The van der Waals surface area contributed by atoms with Crippen LogP contribution >= 0.6 is 0 Å². The summed E-state index contributed by atoms with van der Waals surface area (Å²) in [4.78, 5) is 18.5. The van der Waals surface area contributed by atoms with Crippen molar-refractivity contribution in [2.24, 2.45) is 0 Å². The predicted molar refractivity (Wildman–Crippen MR) is 116 cm³/mol. The summed E-state index contributed by atoms with van der Waals surface area (Å²) in [5.41, 5.74) is 4.01. The van der Waals surface area contributed by atoms with E-state index in [1.807, 2.05) is 66.7 Å². The lowest BCUT2D eigenvalue weighted by atomic mass is 10.1. The Morgan fingerprint density at radius 3 is 2.03 bits per heavy atom. The first kappa shape index (κ1) is 18.8. The molecule has 0 saturated heterocycles. The van der Waals surface area contributed by atoms with Crippen LogP contribution in [0.4, 0.5) is 5.69 Å². The van der Waals surface area contributed by atoms with E-state index in [0.29, 0.717) is 6.54 Å². The van der Waals surface area contributed by atoms with Gasteiger partial charge in [-0.2, -0.15) is 0 Å². The van der Waals surface area contributed by atoms with Gasteiger partial charge >= 0.3 is 0 Å². The molecule has 0 atom stereocenters. The molecule has 0 saturated carbocycles. The van der Waals surface area contributed by atoms with Crippen LogP contribution in [-0.4, -0.2) is 17.4 Å². The Labute approximate surface area is 170 Å². The first-order valence-electron chi connectivity index (χ1n) is 9.83. The zero-order valence-electron chi connectivity index (χ0n) is 16.2. The van der Waals surface area contributed by atoms with Crippen LogP contribution in [0, 0.1) is 0 Å². The number of hydrogen-bond acceptors (Lipinski definition) is 2. The zero-order chi connectivity index (χ0) is 19.9. The molecule has 4 nitrogen and oxygen atoms in total. The van der Waals surface area contributed by atoms with Crippen LogP contribution in [0.2, 0.25) is 0 Å². The third-order valence-corrected chi connectivity index (χ3v) is 4.91. The van der Waals surface area contributed by atoms with Crippen molar-refractivity contribution in [1.29, 1.82) is 0 Å². The number of pyridine rings is 1. The van der Waals surface area contributed by atoms with Crippen LogP contribution in [0.5, 0.6) is 0 Å². The molecular weight excluding hydrogens is 358 g/mol. The molecule has 4 aromatic rings. The quantitative estimate of drug-likeness (QED) is 0.514. The van der Waals surface area contributed by atoms with Gasteiger partial charge in [0.25, 0.3) is 5.91 Å². The summed E-state index contributed by atoms with van der Waals surface area (Å²) in [6.45, 7) is 1.96. The Kier molecular flexibility index (Phi) is 5.93. The molecule has 0 aliphatic rings. The van der Waals surface area contributed by atoms with E-state index < -0.39 is 0 Å². The monoisotopic (exact) mass is 382 g/mol. The van der Waals surface area contributed by atoms with Crippen molar-refractivity contribution in [3.05, 3.63) is 108 Å². The summed E-state index contributed by atoms with van der Waals surface area (Å²) in [6.07, 6.45) is 1.75. The van der Waals surface area contributed by atoms with Gasteiger partial charge in [-0.1, -0.05) is 78.9 Å². The summed E-state index contributed by atoms with van der Waals surface area (Å²) in [5, 5.41) is 4.08. The van der Waals surface area contributed by atoms with Crippen LogP contribution in [0.1, 0.15) is 11.1 Å². The minimum atomic E-state index is -0.00925. The molecule has 0 fully saturated rings. The molecule has 1 heterocycles. The molecule has 0 spiro atoms. The van der Waals surface area contributed by atoms with Crippen molar-refractivity contribution in [2.45, 2.75) is 13.1 Å². The zero-order valence-corrected chi connectivity index (χ0v) is 16.2. The van der Waals surface area contributed by atoms with Gasteiger partial charge in [-0.3, -0.25) is 9.78 Å². The number of nitrogens with one attached hydrogen (secondary N) is 2. The second-order valence-corrected chi connectivity index (χ2v) is 7.18. The number of carbonyl (C=O) groups excluding carboxylic acids is 1. The van der Waals surface area contributed by atoms with Crippen molar-refractivity contribution >= 4 is 22.5 Å². The van der Waals surface area contributed by atoms with Crippen LogP contribution in [0.3, 0.4) is 0 Å². The van der Waals surface area contributed by atoms with E-state index in [1.165, 1.54) is 16.0 Å². The summed E-state index contributed by atoms with van der Waals surface area (Å²) >= 11 is 0. The van der Waals surface area contributed by atoms with E-state index in [9.17, 15) is 4.79 Å². The number of aromatic nitrogens is 1. The largest absolute Gasteiger partial charge is 0.320 e. The minimum Gasteiger partial charge on any atom is -0.320 e. The number of amides is 1. The normalized spacial score (nSPS) is 10.9. The van der Waals surface area contributed by atoms with Gasteiger partial charge in [0.2, 0.25) is 0 Å². The van der Waals surface area contributed by atoms with Gasteiger partial charge in [-0.15, -0.1) is 0 Å². The molecule has 0 bridgehead atoms. The molecule has 2 N–H and O–H groups in total. The van der Waals surface area contributed by atoms with Crippen LogP contribution in [-0.2, 0) is 17.9 Å². The average Bonchev–Trinajstić information content (AvgIpc) is 2.75. The summed E-state index contributed by atoms with van der Waals surface area (Å²) in [5.74, 6) is -0.00925. The van der Waals surface area contributed by atoms with Gasteiger partial charge in [0.15, 0.2) is 6.54 Å². The van der Waals surface area contributed by atoms with Gasteiger partial charge in [0, 0.05) is 22.7 Å².